The molecular formula is C15H26N2S. The van der Waals surface area contributed by atoms with E-state index < -0.39 is 0 Å². The lowest BCUT2D eigenvalue weighted by molar-refractivity contribution is 0.318. The third-order valence-electron chi connectivity index (χ3n) is 4.19. The van der Waals surface area contributed by atoms with Crippen LogP contribution in [0.5, 0.6) is 0 Å². The van der Waals surface area contributed by atoms with Gasteiger partial charge in [-0.15, -0.1) is 11.3 Å². The van der Waals surface area contributed by atoms with E-state index in [4.69, 9.17) is 0 Å². The summed E-state index contributed by atoms with van der Waals surface area (Å²) in [6.45, 7) is 4.25. The van der Waals surface area contributed by atoms with E-state index in [9.17, 15) is 0 Å². The van der Waals surface area contributed by atoms with Crippen molar-refractivity contribution in [3.8, 4) is 0 Å². The molecule has 1 fully saturated rings. The van der Waals surface area contributed by atoms with Crippen molar-refractivity contribution in [1.82, 2.24) is 10.3 Å². The van der Waals surface area contributed by atoms with Gasteiger partial charge in [-0.25, -0.2) is 4.98 Å². The quantitative estimate of drug-likeness (QED) is 0.855. The fourth-order valence-electron chi connectivity index (χ4n) is 3.16. The smallest absolute Gasteiger partial charge is 0.0900 e. The summed E-state index contributed by atoms with van der Waals surface area (Å²) < 4.78 is 0. The molecule has 0 saturated heterocycles. The van der Waals surface area contributed by atoms with Gasteiger partial charge in [0.25, 0.3) is 0 Å². The minimum atomic E-state index is 0.512. The molecule has 2 nitrogen and oxygen atoms in total. The van der Waals surface area contributed by atoms with Gasteiger partial charge < -0.3 is 5.32 Å². The van der Waals surface area contributed by atoms with Crippen LogP contribution in [-0.4, -0.2) is 12.0 Å². The van der Waals surface area contributed by atoms with Crippen molar-refractivity contribution in [1.29, 1.82) is 0 Å². The Kier molecular flexibility index (Phi) is 5.19. The Balaban J connectivity index is 1.90. The summed E-state index contributed by atoms with van der Waals surface area (Å²) in [7, 11) is 2.08. The van der Waals surface area contributed by atoms with Crippen LogP contribution in [0, 0.1) is 19.8 Å². The van der Waals surface area contributed by atoms with Gasteiger partial charge in [-0.05, 0) is 39.7 Å². The number of aryl methyl sites for hydroxylation is 2. The molecule has 3 heteroatoms. The number of rotatable bonds is 5. The Labute approximate surface area is 115 Å². The summed E-state index contributed by atoms with van der Waals surface area (Å²) in [5.74, 6) is 0.976. The molecular weight excluding hydrogens is 240 g/mol. The molecule has 1 heterocycles. The van der Waals surface area contributed by atoms with Crippen molar-refractivity contribution < 1.29 is 0 Å². The lowest BCUT2D eigenvalue weighted by Crippen LogP contribution is -2.18. The van der Waals surface area contributed by atoms with Crippen molar-refractivity contribution in [2.24, 2.45) is 5.92 Å². The van der Waals surface area contributed by atoms with Crippen LogP contribution in [0.15, 0.2) is 0 Å². The summed E-state index contributed by atoms with van der Waals surface area (Å²) in [6, 6.07) is 0.512. The highest BCUT2D eigenvalue weighted by molar-refractivity contribution is 7.11. The van der Waals surface area contributed by atoms with E-state index in [1.165, 1.54) is 60.5 Å². The minimum absolute atomic E-state index is 0.512. The number of hydrogen-bond donors (Lipinski definition) is 1. The molecule has 1 aromatic rings. The van der Waals surface area contributed by atoms with Crippen molar-refractivity contribution >= 4 is 11.3 Å². The normalized spacial score (nSPS) is 19.1. The van der Waals surface area contributed by atoms with E-state index in [0.717, 1.165) is 5.92 Å². The highest BCUT2D eigenvalue weighted by Crippen LogP contribution is 2.32. The van der Waals surface area contributed by atoms with Gasteiger partial charge in [0.05, 0.1) is 10.7 Å². The average Bonchev–Trinajstić information content (AvgIpc) is 2.71. The molecule has 0 aromatic carbocycles. The van der Waals surface area contributed by atoms with Crippen molar-refractivity contribution in [3.63, 3.8) is 0 Å². The Bertz CT molecular complexity index is 367. The molecule has 0 amide bonds. The van der Waals surface area contributed by atoms with E-state index in [1.807, 2.05) is 11.3 Å². The number of nitrogens with one attached hydrogen (secondary N) is 1. The number of thiazole rings is 1. The van der Waals surface area contributed by atoms with Crippen molar-refractivity contribution in [2.45, 2.75) is 64.8 Å². The third kappa shape index (κ3) is 3.55. The summed E-state index contributed by atoms with van der Waals surface area (Å²) in [5, 5.41) is 4.68. The van der Waals surface area contributed by atoms with Crippen LogP contribution in [0.4, 0.5) is 0 Å². The van der Waals surface area contributed by atoms with E-state index in [-0.39, 0.29) is 0 Å². The van der Waals surface area contributed by atoms with Crippen molar-refractivity contribution in [2.75, 3.05) is 7.05 Å². The largest absolute Gasteiger partial charge is 0.312 e. The summed E-state index contributed by atoms with van der Waals surface area (Å²) >= 11 is 1.86. The Morgan fingerprint density at radius 3 is 2.56 bits per heavy atom. The third-order valence-corrected chi connectivity index (χ3v) is 5.38. The second-order valence-corrected chi connectivity index (χ2v) is 6.84. The summed E-state index contributed by atoms with van der Waals surface area (Å²) in [5.41, 5.74) is 1.22. The molecule has 102 valence electrons. The molecule has 1 saturated carbocycles. The van der Waals surface area contributed by atoms with Crippen LogP contribution in [0.1, 0.15) is 66.6 Å². The fourth-order valence-corrected chi connectivity index (χ4v) is 4.23. The van der Waals surface area contributed by atoms with Crippen LogP contribution >= 0.6 is 11.3 Å². The molecule has 1 atom stereocenters. The molecule has 0 spiro atoms. The molecule has 0 aliphatic heterocycles. The predicted molar refractivity (Wildman–Crippen MR) is 79.2 cm³/mol. The number of hydrogen-bond acceptors (Lipinski definition) is 3. The maximum Gasteiger partial charge on any atom is 0.0900 e. The lowest BCUT2D eigenvalue weighted by Gasteiger charge is -2.24. The van der Waals surface area contributed by atoms with Crippen LogP contribution in [0.3, 0.4) is 0 Å². The Morgan fingerprint density at radius 1 is 1.28 bits per heavy atom. The first-order chi connectivity index (χ1) is 8.70. The summed E-state index contributed by atoms with van der Waals surface area (Å²) in [4.78, 5) is 6.00. The van der Waals surface area contributed by atoms with Crippen molar-refractivity contribution in [3.05, 3.63) is 15.6 Å². The molecule has 1 aliphatic carbocycles. The van der Waals surface area contributed by atoms with E-state index in [0.29, 0.717) is 6.04 Å². The van der Waals surface area contributed by atoms with E-state index in [2.05, 4.69) is 31.2 Å². The maximum atomic E-state index is 4.55. The van der Waals surface area contributed by atoms with E-state index in [1.54, 1.807) is 0 Å². The van der Waals surface area contributed by atoms with Crippen LogP contribution in [0.2, 0.25) is 0 Å². The first-order valence-corrected chi connectivity index (χ1v) is 8.13. The van der Waals surface area contributed by atoms with Gasteiger partial charge in [0.1, 0.15) is 0 Å². The lowest BCUT2D eigenvalue weighted by atomic mass is 9.85. The van der Waals surface area contributed by atoms with Gasteiger partial charge >= 0.3 is 0 Å². The van der Waals surface area contributed by atoms with Gasteiger partial charge in [-0.2, -0.15) is 0 Å². The standard InChI is InChI=1S/C15H26N2S/c1-11-15(18-12(2)17-11)14(16-3)10-9-13-7-5-4-6-8-13/h13-14,16H,4-10H2,1-3H3. The maximum absolute atomic E-state index is 4.55. The topological polar surface area (TPSA) is 24.9 Å². The SMILES string of the molecule is CNC(CCC1CCCCC1)c1sc(C)nc1C. The number of aromatic nitrogens is 1. The highest BCUT2D eigenvalue weighted by Gasteiger charge is 2.19. The van der Waals surface area contributed by atoms with Gasteiger partial charge in [0, 0.05) is 10.9 Å². The molecule has 1 N–H and O–H groups in total. The van der Waals surface area contributed by atoms with Crippen LogP contribution in [-0.2, 0) is 0 Å². The first-order valence-electron chi connectivity index (χ1n) is 7.32. The molecule has 1 aromatic heterocycles. The second kappa shape index (κ2) is 6.67. The zero-order valence-corrected chi connectivity index (χ0v) is 12.8. The van der Waals surface area contributed by atoms with E-state index >= 15 is 0 Å². The minimum Gasteiger partial charge on any atom is -0.312 e. The van der Waals surface area contributed by atoms with Gasteiger partial charge in [-0.3, -0.25) is 0 Å². The average molecular weight is 266 g/mol. The molecule has 1 aliphatic rings. The van der Waals surface area contributed by atoms with Gasteiger partial charge in [0.2, 0.25) is 0 Å². The Hall–Kier alpha value is -0.410. The predicted octanol–water partition coefficient (Wildman–Crippen LogP) is 4.38. The molecule has 1 unspecified atom stereocenters. The molecule has 18 heavy (non-hydrogen) atoms. The van der Waals surface area contributed by atoms with Gasteiger partial charge in [-0.1, -0.05) is 32.1 Å². The van der Waals surface area contributed by atoms with Crippen LogP contribution in [0.25, 0.3) is 0 Å². The monoisotopic (exact) mass is 266 g/mol. The van der Waals surface area contributed by atoms with Gasteiger partial charge in [0.15, 0.2) is 0 Å². The zero-order chi connectivity index (χ0) is 13.0. The zero-order valence-electron chi connectivity index (χ0n) is 12.0. The Morgan fingerprint density at radius 2 is 2.00 bits per heavy atom. The van der Waals surface area contributed by atoms with Crippen LogP contribution < -0.4 is 5.32 Å². The fraction of sp³-hybridized carbons (Fsp3) is 0.800. The molecule has 0 radical (unpaired) electrons. The molecule has 0 bridgehead atoms. The highest BCUT2D eigenvalue weighted by atomic mass is 32.1. The number of nitrogens with zero attached hydrogens (tertiary/aromatic N) is 1. The molecule has 2 rings (SSSR count). The second-order valence-electron chi connectivity index (χ2n) is 5.61. The summed E-state index contributed by atoms with van der Waals surface area (Å²) in [6.07, 6.45) is 9.92. The first kappa shape index (κ1) is 14.0.